The molecule has 2 amide bonds. The van der Waals surface area contributed by atoms with E-state index in [1.807, 2.05) is 13.8 Å². The van der Waals surface area contributed by atoms with Crippen molar-refractivity contribution < 1.29 is 9.59 Å². The number of nitrogens with one attached hydrogen (secondary N) is 2. The zero-order valence-corrected chi connectivity index (χ0v) is 14.0. The summed E-state index contributed by atoms with van der Waals surface area (Å²) in [6.45, 7) is 5.14. The van der Waals surface area contributed by atoms with Gasteiger partial charge in [0.15, 0.2) is 0 Å². The minimum Gasteiger partial charge on any atom is -0.346 e. The fourth-order valence-electron chi connectivity index (χ4n) is 1.64. The van der Waals surface area contributed by atoms with Crippen molar-refractivity contribution in [1.82, 2.24) is 9.88 Å². The fraction of sp³-hybridized carbons (Fsp3) is 0.500. The maximum atomic E-state index is 11.9. The molecule has 0 fully saturated rings. The van der Waals surface area contributed by atoms with Gasteiger partial charge in [0.1, 0.15) is 5.69 Å². The molecule has 0 saturated carbocycles. The molecule has 1 heterocycles. The molecule has 7 nitrogen and oxygen atoms in total. The quantitative estimate of drug-likeness (QED) is 0.714. The summed E-state index contributed by atoms with van der Waals surface area (Å²) in [5.74, 6) is -0.875. The zero-order chi connectivity index (χ0) is 16.2. The third-order valence-electron chi connectivity index (χ3n) is 3.19. The highest BCUT2D eigenvalue weighted by atomic mass is 35.5. The van der Waals surface area contributed by atoms with Crippen molar-refractivity contribution in [3.63, 3.8) is 0 Å². The SMILES string of the molecule is Cc1ccn(C)c(=O)c1NC(=O)CNC(=O)[C@@H](N)C(C)C.Cl. The number of halogens is 1. The van der Waals surface area contributed by atoms with Crippen LogP contribution in [0, 0.1) is 12.8 Å². The summed E-state index contributed by atoms with van der Waals surface area (Å²) < 4.78 is 1.37. The highest BCUT2D eigenvalue weighted by Crippen LogP contribution is 2.07. The molecule has 22 heavy (non-hydrogen) atoms. The van der Waals surface area contributed by atoms with Gasteiger partial charge in [0.2, 0.25) is 11.8 Å². The second kappa shape index (κ2) is 8.55. The molecule has 0 aliphatic rings. The van der Waals surface area contributed by atoms with Gasteiger partial charge in [-0.15, -0.1) is 12.4 Å². The van der Waals surface area contributed by atoms with E-state index >= 15 is 0 Å². The van der Waals surface area contributed by atoms with Crippen LogP contribution in [0.1, 0.15) is 19.4 Å². The summed E-state index contributed by atoms with van der Waals surface area (Å²) >= 11 is 0. The predicted octanol–water partition coefficient (Wildman–Crippen LogP) is 0.154. The lowest BCUT2D eigenvalue weighted by molar-refractivity contribution is -0.125. The molecule has 0 bridgehead atoms. The third-order valence-corrected chi connectivity index (χ3v) is 3.19. The van der Waals surface area contributed by atoms with Gasteiger partial charge in [-0.25, -0.2) is 0 Å². The number of nitrogens with zero attached hydrogens (tertiary/aromatic N) is 1. The monoisotopic (exact) mass is 330 g/mol. The van der Waals surface area contributed by atoms with Crippen LogP contribution in [-0.2, 0) is 16.6 Å². The first-order valence-corrected chi connectivity index (χ1v) is 6.73. The normalized spacial score (nSPS) is 11.5. The molecule has 0 unspecified atom stereocenters. The molecule has 0 aromatic carbocycles. The largest absolute Gasteiger partial charge is 0.346 e. The van der Waals surface area contributed by atoms with E-state index < -0.39 is 17.9 Å². The smallest absolute Gasteiger partial charge is 0.274 e. The van der Waals surface area contributed by atoms with E-state index in [0.29, 0.717) is 5.56 Å². The van der Waals surface area contributed by atoms with Crippen molar-refractivity contribution in [1.29, 1.82) is 0 Å². The minimum atomic E-state index is -0.663. The summed E-state index contributed by atoms with van der Waals surface area (Å²) in [4.78, 5) is 35.4. The predicted molar refractivity (Wildman–Crippen MR) is 88.1 cm³/mol. The molecular weight excluding hydrogens is 308 g/mol. The molecule has 1 aromatic rings. The van der Waals surface area contributed by atoms with Gasteiger partial charge in [0, 0.05) is 13.2 Å². The molecule has 1 rings (SSSR count). The van der Waals surface area contributed by atoms with E-state index in [2.05, 4.69) is 10.6 Å². The second-order valence-electron chi connectivity index (χ2n) is 5.33. The lowest BCUT2D eigenvalue weighted by Crippen LogP contribution is -2.46. The molecule has 0 spiro atoms. The van der Waals surface area contributed by atoms with Crippen LogP contribution in [0.3, 0.4) is 0 Å². The van der Waals surface area contributed by atoms with Crippen molar-refractivity contribution in [2.24, 2.45) is 18.7 Å². The Labute approximate surface area is 135 Å². The van der Waals surface area contributed by atoms with Gasteiger partial charge in [0.05, 0.1) is 12.6 Å². The van der Waals surface area contributed by atoms with Crippen molar-refractivity contribution >= 4 is 29.9 Å². The number of rotatable bonds is 5. The van der Waals surface area contributed by atoms with Crippen molar-refractivity contribution in [2.45, 2.75) is 26.8 Å². The number of aryl methyl sites for hydroxylation is 2. The first-order valence-electron chi connectivity index (χ1n) is 6.73. The van der Waals surface area contributed by atoms with E-state index in [9.17, 15) is 14.4 Å². The van der Waals surface area contributed by atoms with Gasteiger partial charge in [-0.05, 0) is 24.5 Å². The summed E-state index contributed by atoms with van der Waals surface area (Å²) in [7, 11) is 1.60. The summed E-state index contributed by atoms with van der Waals surface area (Å²) in [6, 6.07) is 1.06. The lowest BCUT2D eigenvalue weighted by Gasteiger charge is -2.15. The number of hydrogen-bond acceptors (Lipinski definition) is 4. The van der Waals surface area contributed by atoms with E-state index in [-0.39, 0.29) is 36.1 Å². The Balaban J connectivity index is 0.00000441. The van der Waals surface area contributed by atoms with Gasteiger partial charge in [0.25, 0.3) is 5.56 Å². The summed E-state index contributed by atoms with van der Waals surface area (Å²) in [6.07, 6.45) is 1.62. The first-order chi connectivity index (χ1) is 9.73. The standard InChI is InChI=1S/C14H22N4O3.ClH/c1-8(2)11(15)13(20)16-7-10(19)17-12-9(3)5-6-18(4)14(12)21;/h5-6,8,11H,7,15H2,1-4H3,(H,16,20)(H,17,19);1H/t11-;/m0./s1. The highest BCUT2D eigenvalue weighted by Gasteiger charge is 2.18. The molecule has 0 aliphatic heterocycles. The number of carbonyl (C=O) groups is 2. The van der Waals surface area contributed by atoms with Gasteiger partial charge in [-0.3, -0.25) is 14.4 Å². The highest BCUT2D eigenvalue weighted by molar-refractivity contribution is 5.95. The molecule has 4 N–H and O–H groups in total. The second-order valence-corrected chi connectivity index (χ2v) is 5.33. The molecule has 1 aromatic heterocycles. The van der Waals surface area contributed by atoms with Crippen molar-refractivity contribution in [2.75, 3.05) is 11.9 Å². The Bertz CT molecular complexity index is 598. The number of aromatic nitrogens is 1. The first kappa shape index (κ1) is 20.1. The molecule has 0 aliphatic carbocycles. The molecule has 1 atom stereocenters. The maximum absolute atomic E-state index is 11.9. The topological polar surface area (TPSA) is 106 Å². The number of nitrogens with two attached hydrogens (primary N) is 1. The number of pyridine rings is 1. The third kappa shape index (κ3) is 5.16. The van der Waals surface area contributed by atoms with E-state index in [0.717, 1.165) is 0 Å². The Morgan fingerprint density at radius 1 is 1.36 bits per heavy atom. The van der Waals surface area contributed by atoms with Gasteiger partial charge < -0.3 is 20.9 Å². The summed E-state index contributed by atoms with van der Waals surface area (Å²) in [5, 5.41) is 4.97. The Morgan fingerprint density at radius 3 is 2.50 bits per heavy atom. The summed E-state index contributed by atoms with van der Waals surface area (Å²) in [5.41, 5.74) is 6.25. The van der Waals surface area contributed by atoms with Crippen LogP contribution >= 0.6 is 12.4 Å². The van der Waals surface area contributed by atoms with Crippen LogP contribution in [-0.4, -0.2) is 29.0 Å². The number of anilines is 1. The Morgan fingerprint density at radius 2 is 1.95 bits per heavy atom. The molecule has 0 saturated heterocycles. The lowest BCUT2D eigenvalue weighted by atomic mass is 10.1. The van der Waals surface area contributed by atoms with Crippen LogP contribution in [0.2, 0.25) is 0 Å². The van der Waals surface area contributed by atoms with Gasteiger partial charge >= 0.3 is 0 Å². The van der Waals surface area contributed by atoms with Gasteiger partial charge in [-0.1, -0.05) is 13.8 Å². The number of amides is 2. The minimum absolute atomic E-state index is 0. The number of hydrogen-bond donors (Lipinski definition) is 3. The van der Waals surface area contributed by atoms with Crippen molar-refractivity contribution in [3.8, 4) is 0 Å². The average molecular weight is 331 g/mol. The maximum Gasteiger partial charge on any atom is 0.274 e. The fourth-order valence-corrected chi connectivity index (χ4v) is 1.64. The molecule has 124 valence electrons. The molecular formula is C14H23ClN4O3. The number of carbonyl (C=O) groups excluding carboxylic acids is 2. The van der Waals surface area contributed by atoms with Gasteiger partial charge in [-0.2, -0.15) is 0 Å². The molecule has 0 radical (unpaired) electrons. The Hall–Kier alpha value is -1.86. The zero-order valence-electron chi connectivity index (χ0n) is 13.2. The van der Waals surface area contributed by atoms with Crippen LogP contribution < -0.4 is 21.9 Å². The van der Waals surface area contributed by atoms with Crippen LogP contribution in [0.25, 0.3) is 0 Å². The molecule has 8 heteroatoms. The average Bonchev–Trinajstić information content (AvgIpc) is 2.44. The van der Waals surface area contributed by atoms with Crippen molar-refractivity contribution in [3.05, 3.63) is 28.2 Å². The van der Waals surface area contributed by atoms with Crippen LogP contribution in [0.5, 0.6) is 0 Å². The Kier molecular flexibility index (Phi) is 7.83. The van der Waals surface area contributed by atoms with E-state index in [1.54, 1.807) is 26.2 Å². The van der Waals surface area contributed by atoms with E-state index in [1.165, 1.54) is 4.57 Å². The van der Waals surface area contributed by atoms with Crippen LogP contribution in [0.15, 0.2) is 17.1 Å². The van der Waals surface area contributed by atoms with Crippen LogP contribution in [0.4, 0.5) is 5.69 Å². The van der Waals surface area contributed by atoms with E-state index in [4.69, 9.17) is 5.73 Å².